The molecule has 2 fully saturated rings. The Labute approximate surface area is 127 Å². The van der Waals surface area contributed by atoms with Gasteiger partial charge in [-0.25, -0.2) is 0 Å². The number of halogens is 3. The number of hydrogen-bond acceptors (Lipinski definition) is 2. The fourth-order valence-electron chi connectivity index (χ4n) is 3.55. The molecule has 1 spiro atoms. The number of benzene rings is 1. The van der Waals surface area contributed by atoms with Crippen LogP contribution < -0.4 is 5.32 Å². The van der Waals surface area contributed by atoms with Crippen molar-refractivity contribution in [2.75, 3.05) is 19.6 Å². The quantitative estimate of drug-likeness (QED) is 0.911. The van der Waals surface area contributed by atoms with Gasteiger partial charge < -0.3 is 10.2 Å². The second-order valence-electron chi connectivity index (χ2n) is 6.16. The van der Waals surface area contributed by atoms with Crippen LogP contribution in [0.5, 0.6) is 0 Å². The van der Waals surface area contributed by atoms with Gasteiger partial charge in [0, 0.05) is 13.1 Å². The third kappa shape index (κ3) is 2.72. The molecule has 2 aliphatic heterocycles. The molecule has 1 aromatic rings. The molecule has 22 heavy (non-hydrogen) atoms. The van der Waals surface area contributed by atoms with Crippen LogP contribution in [0.2, 0.25) is 0 Å². The van der Waals surface area contributed by atoms with Crippen molar-refractivity contribution in [1.82, 2.24) is 10.2 Å². The lowest BCUT2D eigenvalue weighted by Gasteiger charge is -2.32. The second-order valence-corrected chi connectivity index (χ2v) is 6.16. The zero-order valence-corrected chi connectivity index (χ0v) is 12.2. The summed E-state index contributed by atoms with van der Waals surface area (Å²) in [6.07, 6.45) is -2.07. The molecule has 0 aromatic heterocycles. The zero-order chi connectivity index (χ0) is 15.8. The van der Waals surface area contributed by atoms with Gasteiger partial charge in [0.15, 0.2) is 0 Å². The van der Waals surface area contributed by atoms with E-state index in [9.17, 15) is 18.0 Å². The Morgan fingerprint density at radius 2 is 1.82 bits per heavy atom. The van der Waals surface area contributed by atoms with Crippen molar-refractivity contribution in [3.05, 3.63) is 35.4 Å². The number of alkyl halides is 3. The Hall–Kier alpha value is -1.56. The van der Waals surface area contributed by atoms with E-state index in [1.54, 1.807) is 11.0 Å². The fraction of sp³-hybridized carbons (Fsp3) is 0.562. The van der Waals surface area contributed by atoms with E-state index >= 15 is 0 Å². The van der Waals surface area contributed by atoms with E-state index in [0.29, 0.717) is 6.54 Å². The summed E-state index contributed by atoms with van der Waals surface area (Å²) in [6.45, 7) is 2.20. The third-order valence-electron chi connectivity index (χ3n) is 4.85. The maximum atomic E-state index is 13.1. The van der Waals surface area contributed by atoms with Crippen molar-refractivity contribution in [2.45, 2.75) is 32.0 Å². The molecule has 6 heteroatoms. The maximum absolute atomic E-state index is 13.1. The Morgan fingerprint density at radius 1 is 1.14 bits per heavy atom. The van der Waals surface area contributed by atoms with Gasteiger partial charge in [-0.15, -0.1) is 0 Å². The molecule has 0 saturated carbocycles. The lowest BCUT2D eigenvalue weighted by Crippen LogP contribution is -2.42. The van der Waals surface area contributed by atoms with Crippen molar-refractivity contribution in [2.24, 2.45) is 5.41 Å². The zero-order valence-electron chi connectivity index (χ0n) is 12.2. The van der Waals surface area contributed by atoms with E-state index in [1.807, 2.05) is 0 Å². The molecule has 3 nitrogen and oxygen atoms in total. The molecule has 0 aliphatic carbocycles. The molecule has 1 N–H and O–H groups in total. The maximum Gasteiger partial charge on any atom is 0.416 e. The summed E-state index contributed by atoms with van der Waals surface area (Å²) in [5.74, 6) is 0.0194. The van der Waals surface area contributed by atoms with Crippen molar-refractivity contribution in [1.29, 1.82) is 0 Å². The predicted molar refractivity (Wildman–Crippen MR) is 76.0 cm³/mol. The van der Waals surface area contributed by atoms with Crippen LogP contribution >= 0.6 is 0 Å². The van der Waals surface area contributed by atoms with Crippen LogP contribution in [0.15, 0.2) is 24.3 Å². The number of amides is 1. The highest BCUT2D eigenvalue weighted by atomic mass is 19.4. The first-order valence-electron chi connectivity index (χ1n) is 7.58. The number of carbonyl (C=O) groups excluding carboxylic acids is 1. The lowest BCUT2D eigenvalue weighted by molar-refractivity contribution is -0.141. The van der Waals surface area contributed by atoms with Gasteiger partial charge in [0.2, 0.25) is 5.91 Å². The Bertz CT molecular complexity index is 565. The topological polar surface area (TPSA) is 32.3 Å². The van der Waals surface area contributed by atoms with Crippen LogP contribution in [0.25, 0.3) is 0 Å². The highest BCUT2D eigenvalue weighted by Gasteiger charge is 2.47. The SMILES string of the molecule is O=C1N(Cc2ccccc2C(F)(F)F)CCC12CCNCC2. The molecule has 2 saturated heterocycles. The minimum absolute atomic E-state index is 0.0194. The van der Waals surface area contributed by atoms with Gasteiger partial charge in [0.1, 0.15) is 0 Å². The Morgan fingerprint density at radius 3 is 2.50 bits per heavy atom. The van der Waals surface area contributed by atoms with Gasteiger partial charge in [0.05, 0.1) is 11.0 Å². The summed E-state index contributed by atoms with van der Waals surface area (Å²) in [7, 11) is 0. The van der Waals surface area contributed by atoms with E-state index in [0.717, 1.165) is 38.4 Å². The van der Waals surface area contributed by atoms with Crippen molar-refractivity contribution >= 4 is 5.91 Å². The first kappa shape index (κ1) is 15.3. The molecule has 3 rings (SSSR count). The third-order valence-corrected chi connectivity index (χ3v) is 4.85. The molecule has 1 aromatic carbocycles. The summed E-state index contributed by atoms with van der Waals surface area (Å²) >= 11 is 0. The van der Waals surface area contributed by atoms with E-state index in [4.69, 9.17) is 0 Å². The van der Waals surface area contributed by atoms with Crippen LogP contribution in [0, 0.1) is 5.41 Å². The summed E-state index contributed by atoms with van der Waals surface area (Å²) in [6, 6.07) is 5.51. The van der Waals surface area contributed by atoms with Gasteiger partial charge in [-0.05, 0) is 44.0 Å². The number of nitrogens with one attached hydrogen (secondary N) is 1. The first-order valence-corrected chi connectivity index (χ1v) is 7.58. The molecule has 0 bridgehead atoms. The average molecular weight is 312 g/mol. The molecule has 120 valence electrons. The molecule has 0 unspecified atom stereocenters. The number of hydrogen-bond donors (Lipinski definition) is 1. The van der Waals surface area contributed by atoms with Gasteiger partial charge >= 0.3 is 6.18 Å². The number of rotatable bonds is 2. The normalized spacial score (nSPS) is 21.6. The largest absolute Gasteiger partial charge is 0.416 e. The highest BCUT2D eigenvalue weighted by Crippen LogP contribution is 2.41. The van der Waals surface area contributed by atoms with Crippen molar-refractivity contribution in [3.8, 4) is 0 Å². The van der Waals surface area contributed by atoms with Gasteiger partial charge in [0.25, 0.3) is 0 Å². The van der Waals surface area contributed by atoms with Crippen LogP contribution in [-0.4, -0.2) is 30.4 Å². The monoisotopic (exact) mass is 312 g/mol. The van der Waals surface area contributed by atoms with Crippen LogP contribution in [0.1, 0.15) is 30.4 Å². The van der Waals surface area contributed by atoms with E-state index in [1.165, 1.54) is 12.1 Å². The van der Waals surface area contributed by atoms with Crippen LogP contribution in [0.4, 0.5) is 13.2 Å². The number of carbonyl (C=O) groups is 1. The summed E-state index contributed by atoms with van der Waals surface area (Å²) in [5.41, 5.74) is -0.818. The summed E-state index contributed by atoms with van der Waals surface area (Å²) in [4.78, 5) is 14.3. The lowest BCUT2D eigenvalue weighted by atomic mass is 9.78. The molecule has 2 heterocycles. The minimum atomic E-state index is -4.38. The smallest absolute Gasteiger partial charge is 0.338 e. The van der Waals surface area contributed by atoms with E-state index in [2.05, 4.69) is 5.32 Å². The number of piperidine rings is 1. The Balaban J connectivity index is 1.79. The summed E-state index contributed by atoms with van der Waals surface area (Å²) < 4.78 is 39.2. The molecule has 0 radical (unpaired) electrons. The molecular formula is C16H19F3N2O. The summed E-state index contributed by atoms with van der Waals surface area (Å²) in [5, 5.41) is 3.23. The molecule has 1 amide bonds. The van der Waals surface area contributed by atoms with E-state index in [-0.39, 0.29) is 23.4 Å². The predicted octanol–water partition coefficient (Wildman–Crippen LogP) is 2.81. The van der Waals surface area contributed by atoms with Crippen molar-refractivity contribution < 1.29 is 18.0 Å². The van der Waals surface area contributed by atoms with Crippen LogP contribution in [-0.2, 0) is 17.5 Å². The van der Waals surface area contributed by atoms with Gasteiger partial charge in [-0.1, -0.05) is 18.2 Å². The Kier molecular flexibility index (Phi) is 3.89. The fourth-order valence-corrected chi connectivity index (χ4v) is 3.55. The first-order chi connectivity index (χ1) is 10.4. The minimum Gasteiger partial charge on any atom is -0.338 e. The number of nitrogens with zero attached hydrogens (tertiary/aromatic N) is 1. The molecular weight excluding hydrogens is 293 g/mol. The van der Waals surface area contributed by atoms with Crippen LogP contribution in [0.3, 0.4) is 0 Å². The second kappa shape index (κ2) is 5.57. The highest BCUT2D eigenvalue weighted by molar-refractivity contribution is 5.85. The molecule has 2 aliphatic rings. The van der Waals surface area contributed by atoms with Gasteiger partial charge in [-0.2, -0.15) is 13.2 Å². The van der Waals surface area contributed by atoms with E-state index < -0.39 is 11.7 Å². The average Bonchev–Trinajstić information content (AvgIpc) is 2.77. The van der Waals surface area contributed by atoms with Gasteiger partial charge in [-0.3, -0.25) is 4.79 Å². The van der Waals surface area contributed by atoms with Crippen molar-refractivity contribution in [3.63, 3.8) is 0 Å². The number of likely N-dealkylation sites (tertiary alicyclic amines) is 1. The standard InChI is InChI=1S/C16H19F3N2O/c17-16(18,19)13-4-2-1-3-12(13)11-21-10-7-15(14(21)22)5-8-20-9-6-15/h1-4,20H,5-11H2. The molecule has 0 atom stereocenters.